The highest BCUT2D eigenvalue weighted by molar-refractivity contribution is 6.03. The van der Waals surface area contributed by atoms with Crippen LogP contribution < -0.4 is 26.4 Å². The van der Waals surface area contributed by atoms with Crippen LogP contribution in [-0.2, 0) is 0 Å². The molecule has 0 aromatic heterocycles. The van der Waals surface area contributed by atoms with Crippen LogP contribution in [0, 0.1) is 12.8 Å². The van der Waals surface area contributed by atoms with Gasteiger partial charge in [0.05, 0.1) is 17.6 Å². The molecule has 3 aliphatic rings. The van der Waals surface area contributed by atoms with Crippen molar-refractivity contribution in [2.75, 3.05) is 20.1 Å². The van der Waals surface area contributed by atoms with E-state index in [-0.39, 0.29) is 6.29 Å². The first-order chi connectivity index (χ1) is 17.4. The average molecular weight is 490 g/mol. The van der Waals surface area contributed by atoms with Crippen LogP contribution in [0.25, 0.3) is 0 Å². The van der Waals surface area contributed by atoms with E-state index in [1.165, 1.54) is 18.4 Å². The fourth-order valence-corrected chi connectivity index (χ4v) is 4.57. The smallest absolute Gasteiger partial charge is 0.176 e. The van der Waals surface area contributed by atoms with E-state index in [9.17, 15) is 0 Å². The SMILES string of the molecule is CCC(C)=C1C=C(Oc2ccc(N=C(N)C3=C(NC)C=NC(N4CCCC(C)C4)N3)cc2C)C=CN1. The number of ether oxygens (including phenoxy) is 1. The van der Waals surface area contributed by atoms with Gasteiger partial charge in [-0.25, -0.2) is 4.99 Å². The van der Waals surface area contributed by atoms with Crippen LogP contribution in [0.2, 0.25) is 0 Å². The summed E-state index contributed by atoms with van der Waals surface area (Å²) in [6, 6.07) is 5.85. The summed E-state index contributed by atoms with van der Waals surface area (Å²) in [6.45, 7) is 10.6. The van der Waals surface area contributed by atoms with Crippen LogP contribution in [0.5, 0.6) is 5.75 Å². The minimum absolute atomic E-state index is 0.132. The summed E-state index contributed by atoms with van der Waals surface area (Å²) in [4.78, 5) is 11.8. The van der Waals surface area contributed by atoms with Crippen molar-refractivity contribution in [1.29, 1.82) is 0 Å². The number of likely N-dealkylation sites (tertiary alicyclic amines) is 1. The number of rotatable bonds is 7. The van der Waals surface area contributed by atoms with Crippen LogP contribution in [-0.4, -0.2) is 43.4 Å². The van der Waals surface area contributed by atoms with Crippen LogP contribution in [0.1, 0.15) is 45.6 Å². The van der Waals surface area contributed by atoms with Crippen LogP contribution in [0.3, 0.4) is 0 Å². The van der Waals surface area contributed by atoms with Gasteiger partial charge in [-0.3, -0.25) is 9.89 Å². The van der Waals surface area contributed by atoms with E-state index in [2.05, 4.69) is 41.6 Å². The number of hydrogen-bond donors (Lipinski definition) is 4. The molecule has 1 aromatic carbocycles. The third-order valence-electron chi connectivity index (χ3n) is 6.85. The molecule has 0 radical (unpaired) electrons. The summed E-state index contributed by atoms with van der Waals surface area (Å²) in [5, 5.41) is 9.96. The molecular weight excluding hydrogens is 450 g/mol. The summed E-state index contributed by atoms with van der Waals surface area (Å²) < 4.78 is 6.18. The number of aryl methyl sites for hydroxylation is 1. The van der Waals surface area contributed by atoms with E-state index in [0.29, 0.717) is 11.8 Å². The lowest BCUT2D eigenvalue weighted by atomic mass is 10.0. The maximum Gasteiger partial charge on any atom is 0.176 e. The Bertz CT molecular complexity index is 1160. The van der Waals surface area contributed by atoms with E-state index in [0.717, 1.165) is 59.4 Å². The van der Waals surface area contributed by atoms with Gasteiger partial charge in [0, 0.05) is 38.1 Å². The highest BCUT2D eigenvalue weighted by atomic mass is 16.5. The largest absolute Gasteiger partial charge is 0.457 e. The van der Waals surface area contributed by atoms with Crippen molar-refractivity contribution in [2.24, 2.45) is 21.6 Å². The number of allylic oxidation sites excluding steroid dienone is 4. The standard InChI is InChI=1S/C28H39N7O/c1-6-19(3)23-15-22(11-12-31-23)36-25-10-9-21(14-20(25)4)33-27(29)26-24(30-5)16-32-28(34-26)35-13-7-8-18(2)17-35/h9-12,14-16,18,28,30-31,34H,6-8,13,17H2,1-5H3,(H2,29,33). The van der Waals surface area contributed by atoms with Gasteiger partial charge < -0.3 is 26.4 Å². The van der Waals surface area contributed by atoms with Crippen molar-refractivity contribution < 1.29 is 4.74 Å². The zero-order valence-corrected chi connectivity index (χ0v) is 22.1. The summed E-state index contributed by atoms with van der Waals surface area (Å²) >= 11 is 0. The number of piperidine rings is 1. The number of aliphatic imine (C=N–C) groups is 2. The number of nitrogens with zero attached hydrogens (tertiary/aromatic N) is 3. The second-order valence-electron chi connectivity index (χ2n) is 9.70. The molecule has 8 heteroatoms. The molecule has 3 heterocycles. The van der Waals surface area contributed by atoms with Gasteiger partial charge in [0.2, 0.25) is 0 Å². The van der Waals surface area contributed by atoms with E-state index in [4.69, 9.17) is 20.5 Å². The maximum absolute atomic E-state index is 6.51. The molecule has 4 rings (SSSR count). The lowest BCUT2D eigenvalue weighted by molar-refractivity contribution is 0.119. The average Bonchev–Trinajstić information content (AvgIpc) is 2.89. The molecule has 2 unspecified atom stereocenters. The van der Waals surface area contributed by atoms with Gasteiger partial charge >= 0.3 is 0 Å². The van der Waals surface area contributed by atoms with Crippen molar-refractivity contribution in [3.63, 3.8) is 0 Å². The van der Waals surface area contributed by atoms with Gasteiger partial charge in [0.1, 0.15) is 23.0 Å². The number of dihydropyridines is 1. The van der Waals surface area contributed by atoms with Gasteiger partial charge in [-0.15, -0.1) is 0 Å². The number of benzene rings is 1. The van der Waals surface area contributed by atoms with Crippen molar-refractivity contribution in [3.8, 4) is 5.75 Å². The Kier molecular flexibility index (Phi) is 8.15. The number of amidine groups is 1. The molecule has 36 heavy (non-hydrogen) atoms. The molecule has 0 amide bonds. The van der Waals surface area contributed by atoms with Gasteiger partial charge in [-0.2, -0.15) is 0 Å². The van der Waals surface area contributed by atoms with Crippen molar-refractivity contribution >= 4 is 17.7 Å². The first-order valence-corrected chi connectivity index (χ1v) is 12.8. The van der Waals surface area contributed by atoms with Gasteiger partial charge in [0.15, 0.2) is 6.29 Å². The topological polar surface area (TPSA) is 99.3 Å². The van der Waals surface area contributed by atoms with Crippen LogP contribution in [0.15, 0.2) is 75.0 Å². The first-order valence-electron chi connectivity index (χ1n) is 12.8. The summed E-state index contributed by atoms with van der Waals surface area (Å²) in [5.74, 6) is 2.67. The molecule has 1 saturated heterocycles. The second-order valence-corrected chi connectivity index (χ2v) is 9.70. The van der Waals surface area contributed by atoms with Gasteiger partial charge in [-0.1, -0.05) is 13.8 Å². The second kappa shape index (κ2) is 11.5. The summed E-state index contributed by atoms with van der Waals surface area (Å²) in [5.41, 5.74) is 12.2. The Morgan fingerprint density at radius 1 is 1.36 bits per heavy atom. The molecule has 2 atom stereocenters. The molecule has 0 aliphatic carbocycles. The summed E-state index contributed by atoms with van der Waals surface area (Å²) in [7, 11) is 1.86. The molecule has 192 valence electrons. The number of nitrogens with two attached hydrogens (primary N) is 1. The molecular formula is C28H39N7O. The zero-order chi connectivity index (χ0) is 25.7. The Labute approximate surface area is 214 Å². The van der Waals surface area contributed by atoms with Crippen LogP contribution >= 0.6 is 0 Å². The lowest BCUT2D eigenvalue weighted by Gasteiger charge is -2.37. The third kappa shape index (κ3) is 5.99. The van der Waals surface area contributed by atoms with E-state index in [1.807, 2.05) is 56.7 Å². The molecule has 1 fully saturated rings. The molecule has 0 spiro atoms. The Balaban J connectivity index is 1.50. The fourth-order valence-electron chi connectivity index (χ4n) is 4.57. The Hall–Kier alpha value is -3.52. The predicted octanol–water partition coefficient (Wildman–Crippen LogP) is 4.17. The minimum Gasteiger partial charge on any atom is -0.457 e. The minimum atomic E-state index is -0.132. The quantitative estimate of drug-likeness (QED) is 0.339. The van der Waals surface area contributed by atoms with Crippen molar-refractivity contribution in [1.82, 2.24) is 20.9 Å². The molecule has 1 aromatic rings. The van der Waals surface area contributed by atoms with E-state index in [1.54, 1.807) is 0 Å². The Morgan fingerprint density at radius 2 is 2.19 bits per heavy atom. The molecule has 0 bridgehead atoms. The monoisotopic (exact) mass is 489 g/mol. The normalized spacial score (nSPS) is 24.1. The maximum atomic E-state index is 6.51. The number of nitrogens with one attached hydrogen (secondary N) is 3. The fraction of sp³-hybridized carbons (Fsp3) is 0.429. The highest BCUT2D eigenvalue weighted by Crippen LogP contribution is 2.27. The Morgan fingerprint density at radius 3 is 2.92 bits per heavy atom. The van der Waals surface area contributed by atoms with Gasteiger partial charge in [-0.05, 0) is 74.4 Å². The zero-order valence-electron chi connectivity index (χ0n) is 22.1. The molecule has 0 saturated carbocycles. The van der Waals surface area contributed by atoms with Crippen molar-refractivity contribution in [3.05, 3.63) is 70.5 Å². The molecule has 5 N–H and O–H groups in total. The number of hydrogen-bond acceptors (Lipinski definition) is 7. The van der Waals surface area contributed by atoms with E-state index < -0.39 is 0 Å². The highest BCUT2D eigenvalue weighted by Gasteiger charge is 2.27. The molecule has 8 nitrogen and oxygen atoms in total. The third-order valence-corrected chi connectivity index (χ3v) is 6.85. The lowest BCUT2D eigenvalue weighted by Crippen LogP contribution is -2.52. The first kappa shape index (κ1) is 25.6. The van der Waals surface area contributed by atoms with Gasteiger partial charge in [0.25, 0.3) is 0 Å². The summed E-state index contributed by atoms with van der Waals surface area (Å²) in [6.07, 6.45) is 11.0. The van der Waals surface area contributed by atoms with Crippen LogP contribution in [0.4, 0.5) is 5.69 Å². The van der Waals surface area contributed by atoms with Crippen molar-refractivity contribution in [2.45, 2.75) is 53.2 Å². The predicted molar refractivity (Wildman–Crippen MR) is 148 cm³/mol. The molecule has 3 aliphatic heterocycles. The van der Waals surface area contributed by atoms with E-state index >= 15 is 0 Å².